The zero-order valence-corrected chi connectivity index (χ0v) is 19.2. The van der Waals surface area contributed by atoms with Crippen molar-refractivity contribution in [3.8, 4) is 5.75 Å². The molecule has 0 bridgehead atoms. The van der Waals surface area contributed by atoms with E-state index in [-0.39, 0.29) is 24.9 Å². The van der Waals surface area contributed by atoms with Gasteiger partial charge in [0.15, 0.2) is 5.78 Å². The Morgan fingerprint density at radius 2 is 1.74 bits per heavy atom. The summed E-state index contributed by atoms with van der Waals surface area (Å²) in [6.07, 6.45) is 2.74. The zero-order chi connectivity index (χ0) is 24.9. The number of benzene rings is 2. The van der Waals surface area contributed by atoms with Crippen molar-refractivity contribution in [2.24, 2.45) is 5.92 Å². The van der Waals surface area contributed by atoms with E-state index in [0.29, 0.717) is 29.8 Å². The highest BCUT2D eigenvalue weighted by molar-refractivity contribution is 5.95. The summed E-state index contributed by atoms with van der Waals surface area (Å²) in [6.45, 7) is 3.47. The third kappa shape index (κ3) is 8.68. The van der Waals surface area contributed by atoms with E-state index in [0.717, 1.165) is 5.56 Å². The van der Waals surface area contributed by atoms with Crippen LogP contribution in [0.4, 0.5) is 10.5 Å². The average molecular weight is 471 g/mol. The smallest absolute Gasteiger partial charge is 0.412 e. The molecule has 0 fully saturated rings. The molecule has 0 radical (unpaired) electrons. The van der Waals surface area contributed by atoms with Crippen LogP contribution in [0.1, 0.15) is 48.7 Å². The first-order valence-corrected chi connectivity index (χ1v) is 10.9. The number of aliphatic hydroxyl groups is 1. The molecule has 2 aromatic rings. The molecular weight excluding hydrogens is 440 g/mol. The quantitative estimate of drug-likeness (QED) is 0.159. The third-order valence-corrected chi connectivity index (χ3v) is 5.03. The molecule has 2 amide bonds. The first-order chi connectivity index (χ1) is 16.3. The maximum absolute atomic E-state index is 12.6. The van der Waals surface area contributed by atoms with E-state index < -0.39 is 18.1 Å². The first kappa shape index (κ1) is 26.6. The zero-order valence-electron chi connectivity index (χ0n) is 19.2. The van der Waals surface area contributed by atoms with Crippen LogP contribution in [0.25, 0.3) is 0 Å². The Balaban J connectivity index is 2.11. The van der Waals surface area contributed by atoms with Gasteiger partial charge in [-0.2, -0.15) is 0 Å². The van der Waals surface area contributed by atoms with E-state index in [1.54, 1.807) is 54.6 Å². The van der Waals surface area contributed by atoms with Crippen molar-refractivity contribution < 1.29 is 34.2 Å². The van der Waals surface area contributed by atoms with Gasteiger partial charge >= 0.3 is 6.09 Å². The number of aliphatic hydroxyl groups excluding tert-OH is 1. The van der Waals surface area contributed by atoms with Gasteiger partial charge in [-0.3, -0.25) is 20.1 Å². The highest BCUT2D eigenvalue weighted by Crippen LogP contribution is 2.31. The molecule has 2 aromatic carbocycles. The monoisotopic (exact) mass is 470 g/mol. The molecule has 2 atom stereocenters. The summed E-state index contributed by atoms with van der Waals surface area (Å²) in [6, 6.07) is 13.5. The number of nitrogens with one attached hydrogen (secondary N) is 2. The molecule has 0 unspecified atom stereocenters. The largest absolute Gasteiger partial charge is 0.491 e. The molecule has 9 nitrogen and oxygen atoms in total. The highest BCUT2D eigenvalue weighted by Gasteiger charge is 2.23. The van der Waals surface area contributed by atoms with Gasteiger partial charge in [0.05, 0.1) is 6.61 Å². The number of Topliss-reactive ketones (excluding diaryl/α,β-unsaturated/α-hetero) is 1. The molecule has 0 heterocycles. The summed E-state index contributed by atoms with van der Waals surface area (Å²) in [4.78, 5) is 35.2. The minimum absolute atomic E-state index is 0.0695. The molecule has 0 aliphatic rings. The van der Waals surface area contributed by atoms with Gasteiger partial charge in [0.25, 0.3) is 5.91 Å². The number of ketones is 1. The number of hydrogen-bond donors (Lipinski definition) is 4. The van der Waals surface area contributed by atoms with Gasteiger partial charge < -0.3 is 14.6 Å². The molecule has 0 spiro atoms. The Kier molecular flexibility index (Phi) is 10.8. The maximum atomic E-state index is 12.6. The minimum Gasteiger partial charge on any atom is -0.491 e. The fourth-order valence-corrected chi connectivity index (χ4v) is 3.22. The summed E-state index contributed by atoms with van der Waals surface area (Å²) in [5.74, 6) is -0.219. The average Bonchev–Trinajstić information content (AvgIpc) is 2.84. The van der Waals surface area contributed by atoms with Gasteiger partial charge in [-0.15, -0.1) is 0 Å². The van der Waals surface area contributed by atoms with E-state index in [1.807, 2.05) is 6.92 Å². The summed E-state index contributed by atoms with van der Waals surface area (Å²) >= 11 is 0. The summed E-state index contributed by atoms with van der Waals surface area (Å²) in [5.41, 5.74) is 3.32. The van der Waals surface area contributed by atoms with Crippen LogP contribution in [0.3, 0.4) is 0 Å². The van der Waals surface area contributed by atoms with Crippen molar-refractivity contribution >= 4 is 23.5 Å². The van der Waals surface area contributed by atoms with Crippen LogP contribution in [-0.4, -0.2) is 41.3 Å². The highest BCUT2D eigenvalue weighted by atomic mass is 16.6. The van der Waals surface area contributed by atoms with Crippen LogP contribution in [0.15, 0.2) is 60.7 Å². The van der Waals surface area contributed by atoms with Crippen LogP contribution < -0.4 is 15.5 Å². The van der Waals surface area contributed by atoms with Gasteiger partial charge in [-0.25, -0.2) is 10.3 Å². The van der Waals surface area contributed by atoms with Crippen molar-refractivity contribution in [1.82, 2.24) is 5.48 Å². The Bertz CT molecular complexity index is 972. The predicted octanol–water partition coefficient (Wildman–Crippen LogP) is 4.03. The molecule has 0 saturated heterocycles. The van der Waals surface area contributed by atoms with Crippen molar-refractivity contribution in [3.63, 3.8) is 0 Å². The Morgan fingerprint density at radius 1 is 1.06 bits per heavy atom. The Hall–Kier alpha value is -3.69. The van der Waals surface area contributed by atoms with Crippen LogP contribution in [-0.2, 0) is 9.53 Å². The number of hydrogen-bond acceptors (Lipinski definition) is 7. The lowest BCUT2D eigenvalue weighted by molar-refractivity contribution is -0.124. The fourth-order valence-electron chi connectivity index (χ4n) is 3.22. The molecule has 182 valence electrons. The lowest BCUT2D eigenvalue weighted by Gasteiger charge is -2.25. The molecule has 0 aliphatic carbocycles. The maximum Gasteiger partial charge on any atom is 0.412 e. The first-order valence-electron chi connectivity index (χ1n) is 10.9. The summed E-state index contributed by atoms with van der Waals surface area (Å²) in [7, 11) is 0. The minimum atomic E-state index is -0.650. The lowest BCUT2D eigenvalue weighted by atomic mass is 9.93. The number of carbonyl (C=O) groups excluding carboxylic acids is 3. The van der Waals surface area contributed by atoms with E-state index in [1.165, 1.54) is 18.5 Å². The van der Waals surface area contributed by atoms with Gasteiger partial charge in [0, 0.05) is 17.3 Å². The summed E-state index contributed by atoms with van der Waals surface area (Å²) < 4.78 is 11.1. The van der Waals surface area contributed by atoms with E-state index in [2.05, 4.69) is 5.32 Å². The standard InChI is InChI=1S/C25H30N2O7/c1-17(5-3-4-6-23(30)27-32)24(20-9-13-22(14-10-20)33-16-15-28)34-25(31)26-21-11-7-19(8-12-21)18(2)29/h4,6-14,17,24,28,32H,3,5,15-16H2,1-2H3,(H,26,31)(H,27,30)/b6-4+/t17-,24-/m1/s1. The Morgan fingerprint density at radius 3 is 2.32 bits per heavy atom. The van der Waals surface area contributed by atoms with Crippen molar-refractivity contribution in [2.45, 2.75) is 32.8 Å². The number of ether oxygens (including phenoxy) is 2. The molecule has 9 heteroatoms. The molecule has 2 rings (SSSR count). The van der Waals surface area contributed by atoms with E-state index in [4.69, 9.17) is 19.8 Å². The normalized spacial score (nSPS) is 12.6. The molecule has 34 heavy (non-hydrogen) atoms. The van der Waals surface area contributed by atoms with Gasteiger partial charge in [-0.1, -0.05) is 25.1 Å². The van der Waals surface area contributed by atoms with Gasteiger partial charge in [-0.05, 0) is 67.6 Å². The third-order valence-electron chi connectivity index (χ3n) is 5.03. The van der Waals surface area contributed by atoms with E-state index in [9.17, 15) is 14.4 Å². The number of anilines is 1. The van der Waals surface area contributed by atoms with Crippen molar-refractivity contribution in [1.29, 1.82) is 0 Å². The second kappa shape index (κ2) is 13.8. The van der Waals surface area contributed by atoms with Crippen molar-refractivity contribution in [3.05, 3.63) is 71.8 Å². The number of rotatable bonds is 12. The van der Waals surface area contributed by atoms with Gasteiger partial charge in [0.2, 0.25) is 0 Å². The molecule has 4 N–H and O–H groups in total. The SMILES string of the molecule is CC(=O)c1ccc(NC(=O)O[C@@H](c2ccc(OCCO)cc2)[C@H](C)CC/C=C/C(=O)NO)cc1. The Labute approximate surface area is 198 Å². The molecule has 0 saturated carbocycles. The topological polar surface area (TPSA) is 134 Å². The predicted molar refractivity (Wildman–Crippen MR) is 126 cm³/mol. The van der Waals surface area contributed by atoms with Crippen LogP contribution in [0.5, 0.6) is 5.75 Å². The number of amides is 2. The molecule has 0 aliphatic heterocycles. The molecular formula is C25H30N2O7. The van der Waals surface area contributed by atoms with Crippen LogP contribution in [0.2, 0.25) is 0 Å². The van der Waals surface area contributed by atoms with Crippen LogP contribution in [0, 0.1) is 5.92 Å². The fraction of sp³-hybridized carbons (Fsp3) is 0.320. The number of allylic oxidation sites excluding steroid dienone is 1. The second-order valence-corrected chi connectivity index (χ2v) is 7.66. The van der Waals surface area contributed by atoms with Gasteiger partial charge in [0.1, 0.15) is 18.5 Å². The number of carbonyl (C=O) groups is 3. The van der Waals surface area contributed by atoms with Crippen molar-refractivity contribution in [2.75, 3.05) is 18.5 Å². The lowest BCUT2D eigenvalue weighted by Crippen LogP contribution is -2.22. The second-order valence-electron chi connectivity index (χ2n) is 7.66. The van der Waals surface area contributed by atoms with E-state index >= 15 is 0 Å². The van der Waals surface area contributed by atoms with Crippen LogP contribution >= 0.6 is 0 Å². The summed E-state index contributed by atoms with van der Waals surface area (Å²) in [5, 5.41) is 20.1. The molecule has 0 aromatic heterocycles. The number of hydroxylamine groups is 1.